The van der Waals surface area contributed by atoms with Gasteiger partial charge in [-0.1, -0.05) is 24.4 Å². The van der Waals surface area contributed by atoms with E-state index in [1.54, 1.807) is 24.8 Å². The van der Waals surface area contributed by atoms with Crippen LogP contribution in [0.3, 0.4) is 0 Å². The normalized spacial score (nSPS) is 10.4. The summed E-state index contributed by atoms with van der Waals surface area (Å²) in [4.78, 5) is 12.7. The van der Waals surface area contributed by atoms with Crippen molar-refractivity contribution in [2.24, 2.45) is 5.73 Å². The van der Waals surface area contributed by atoms with Crippen LogP contribution in [0.5, 0.6) is 0 Å². The first-order valence-corrected chi connectivity index (χ1v) is 6.37. The average Bonchev–Trinajstić information content (AvgIpc) is 2.48. The zero-order valence-electron chi connectivity index (χ0n) is 10.4. The molecule has 6 heteroatoms. The minimum absolute atomic E-state index is 0.207. The molecule has 3 N–H and O–H groups in total. The highest BCUT2D eigenvalue weighted by Gasteiger charge is 2.09. The molecular weight excluding hydrogens is 270 g/mol. The van der Waals surface area contributed by atoms with Crippen molar-refractivity contribution in [2.75, 3.05) is 5.32 Å². The predicted octanol–water partition coefficient (Wildman–Crippen LogP) is 2.40. The number of hydrogen-bond donors (Lipinski definition) is 2. The van der Waals surface area contributed by atoms with Gasteiger partial charge in [-0.3, -0.25) is 4.98 Å². The smallest absolute Gasteiger partial charge is 0.159 e. The van der Waals surface area contributed by atoms with E-state index in [0.29, 0.717) is 11.5 Å². The lowest BCUT2D eigenvalue weighted by atomic mass is 10.1. The lowest BCUT2D eigenvalue weighted by Gasteiger charge is -2.11. The van der Waals surface area contributed by atoms with E-state index < -0.39 is 0 Å². The monoisotopic (exact) mass is 281 g/mol. The van der Waals surface area contributed by atoms with Gasteiger partial charge in [0.05, 0.1) is 0 Å². The van der Waals surface area contributed by atoms with Crippen molar-refractivity contribution in [1.82, 2.24) is 15.0 Å². The number of nitrogens with zero attached hydrogens (tertiary/aromatic N) is 3. The van der Waals surface area contributed by atoms with E-state index in [1.165, 1.54) is 0 Å². The molecule has 0 unspecified atom stereocenters. The number of rotatable bonds is 3. The van der Waals surface area contributed by atoms with Crippen LogP contribution in [0.1, 0.15) is 5.69 Å². The average molecular weight is 281 g/mol. The van der Waals surface area contributed by atoms with Gasteiger partial charge < -0.3 is 11.1 Å². The van der Waals surface area contributed by atoms with Gasteiger partial charge >= 0.3 is 0 Å². The van der Waals surface area contributed by atoms with Crippen molar-refractivity contribution in [1.29, 1.82) is 0 Å². The van der Waals surface area contributed by atoms with Crippen molar-refractivity contribution in [3.8, 4) is 0 Å². The van der Waals surface area contributed by atoms with Gasteiger partial charge in [0.2, 0.25) is 0 Å². The van der Waals surface area contributed by atoms with Gasteiger partial charge in [0.25, 0.3) is 0 Å². The molecule has 3 rings (SSSR count). The standard InChI is InChI=1S/C14H11N5S/c15-13(20)12-14(18-7-6-17-12)19-11-3-1-2-9-4-5-16-8-10(9)11/h1-8H,(H2,15,20)(H,18,19). The Morgan fingerprint density at radius 1 is 1.10 bits per heavy atom. The number of nitrogens with one attached hydrogen (secondary N) is 1. The molecule has 0 aliphatic heterocycles. The number of aromatic nitrogens is 3. The molecule has 0 spiro atoms. The highest BCUT2D eigenvalue weighted by atomic mass is 32.1. The third-order valence-corrected chi connectivity index (χ3v) is 3.06. The molecule has 0 fully saturated rings. The zero-order valence-corrected chi connectivity index (χ0v) is 11.3. The Balaban J connectivity index is 2.08. The van der Waals surface area contributed by atoms with Crippen LogP contribution in [-0.2, 0) is 0 Å². The first-order chi connectivity index (χ1) is 9.75. The number of thiocarbonyl (C=S) groups is 1. The molecule has 3 aromatic rings. The fourth-order valence-electron chi connectivity index (χ4n) is 1.96. The minimum atomic E-state index is 0.207. The summed E-state index contributed by atoms with van der Waals surface area (Å²) in [5.41, 5.74) is 7.02. The summed E-state index contributed by atoms with van der Waals surface area (Å²) in [7, 11) is 0. The number of nitrogens with two attached hydrogens (primary N) is 1. The number of hydrogen-bond acceptors (Lipinski definition) is 5. The Bertz CT molecular complexity index is 782. The van der Waals surface area contributed by atoms with Gasteiger partial charge in [0.15, 0.2) is 5.82 Å². The van der Waals surface area contributed by atoms with Crippen LogP contribution in [0, 0.1) is 0 Å². The topological polar surface area (TPSA) is 76.7 Å². The zero-order chi connectivity index (χ0) is 13.9. The van der Waals surface area contributed by atoms with Crippen LogP contribution < -0.4 is 11.1 Å². The van der Waals surface area contributed by atoms with Crippen LogP contribution in [-0.4, -0.2) is 19.9 Å². The molecule has 0 bridgehead atoms. The van der Waals surface area contributed by atoms with Crippen molar-refractivity contribution < 1.29 is 0 Å². The molecule has 0 aliphatic carbocycles. The molecule has 2 aromatic heterocycles. The van der Waals surface area contributed by atoms with E-state index in [4.69, 9.17) is 18.0 Å². The van der Waals surface area contributed by atoms with Gasteiger partial charge in [-0.15, -0.1) is 0 Å². The second-order valence-corrected chi connectivity index (χ2v) is 4.59. The van der Waals surface area contributed by atoms with Crippen LogP contribution in [0.25, 0.3) is 10.8 Å². The summed E-state index contributed by atoms with van der Waals surface area (Å²) < 4.78 is 0. The van der Waals surface area contributed by atoms with Crippen molar-refractivity contribution in [3.05, 3.63) is 54.7 Å². The molecule has 0 amide bonds. The minimum Gasteiger partial charge on any atom is -0.388 e. The number of fused-ring (bicyclic) bond motifs is 1. The van der Waals surface area contributed by atoms with Crippen LogP contribution in [0.15, 0.2) is 49.1 Å². The lowest BCUT2D eigenvalue weighted by molar-refractivity contribution is 1.18. The van der Waals surface area contributed by atoms with Gasteiger partial charge in [0, 0.05) is 35.9 Å². The molecule has 0 saturated heterocycles. The van der Waals surface area contributed by atoms with Crippen molar-refractivity contribution in [3.63, 3.8) is 0 Å². The predicted molar refractivity (Wildman–Crippen MR) is 82.9 cm³/mol. The molecule has 1 aromatic carbocycles. The summed E-state index contributed by atoms with van der Waals surface area (Å²) in [6.07, 6.45) is 6.71. The molecule has 0 saturated carbocycles. The molecule has 98 valence electrons. The van der Waals surface area contributed by atoms with E-state index in [2.05, 4.69) is 20.3 Å². The van der Waals surface area contributed by atoms with Gasteiger partial charge in [0.1, 0.15) is 10.7 Å². The number of benzene rings is 1. The summed E-state index contributed by atoms with van der Waals surface area (Å²) in [5.74, 6) is 0.538. The Hall–Kier alpha value is -2.60. The molecule has 0 atom stereocenters. The molecular formula is C14H11N5S. The van der Waals surface area contributed by atoms with Crippen LogP contribution >= 0.6 is 12.2 Å². The third kappa shape index (κ3) is 2.28. The maximum atomic E-state index is 5.66. The maximum absolute atomic E-state index is 5.66. The van der Waals surface area contributed by atoms with E-state index in [0.717, 1.165) is 16.5 Å². The van der Waals surface area contributed by atoms with Crippen molar-refractivity contribution >= 4 is 39.5 Å². The first kappa shape index (κ1) is 12.4. The van der Waals surface area contributed by atoms with Crippen LogP contribution in [0.2, 0.25) is 0 Å². The summed E-state index contributed by atoms with van der Waals surface area (Å²) in [6, 6.07) is 7.88. The second kappa shape index (κ2) is 5.18. The highest BCUT2D eigenvalue weighted by Crippen LogP contribution is 2.25. The SMILES string of the molecule is NC(=S)c1nccnc1Nc1cccc2ccncc12. The molecule has 20 heavy (non-hydrogen) atoms. The maximum Gasteiger partial charge on any atom is 0.159 e. The Kier molecular flexibility index (Phi) is 3.22. The fourth-order valence-corrected chi connectivity index (χ4v) is 2.11. The third-order valence-electron chi connectivity index (χ3n) is 2.87. The second-order valence-electron chi connectivity index (χ2n) is 4.15. The van der Waals surface area contributed by atoms with E-state index >= 15 is 0 Å². The van der Waals surface area contributed by atoms with Crippen molar-refractivity contribution in [2.45, 2.75) is 0 Å². The summed E-state index contributed by atoms with van der Waals surface area (Å²) in [6.45, 7) is 0. The molecule has 0 radical (unpaired) electrons. The number of pyridine rings is 1. The molecule has 5 nitrogen and oxygen atoms in total. The Morgan fingerprint density at radius 2 is 1.95 bits per heavy atom. The largest absolute Gasteiger partial charge is 0.388 e. The lowest BCUT2D eigenvalue weighted by Crippen LogP contribution is -2.15. The first-order valence-electron chi connectivity index (χ1n) is 5.96. The Morgan fingerprint density at radius 3 is 2.80 bits per heavy atom. The quantitative estimate of drug-likeness (QED) is 0.718. The van der Waals surface area contributed by atoms with E-state index in [9.17, 15) is 0 Å². The number of anilines is 2. The molecule has 2 heterocycles. The van der Waals surface area contributed by atoms with Gasteiger partial charge in [-0.05, 0) is 17.5 Å². The Labute approximate surface area is 120 Å². The summed E-state index contributed by atoms with van der Waals surface area (Å²) >= 11 is 4.98. The van der Waals surface area contributed by atoms with E-state index in [-0.39, 0.29) is 4.99 Å². The van der Waals surface area contributed by atoms with Crippen LogP contribution in [0.4, 0.5) is 11.5 Å². The van der Waals surface area contributed by atoms with Gasteiger partial charge in [-0.2, -0.15) is 0 Å². The summed E-state index contributed by atoms with van der Waals surface area (Å²) in [5, 5.41) is 5.30. The highest BCUT2D eigenvalue weighted by molar-refractivity contribution is 7.80. The van der Waals surface area contributed by atoms with Gasteiger partial charge in [-0.25, -0.2) is 9.97 Å². The molecule has 0 aliphatic rings. The van der Waals surface area contributed by atoms with E-state index in [1.807, 2.05) is 24.3 Å². The fraction of sp³-hybridized carbons (Fsp3) is 0.